The number of halogens is 2. The summed E-state index contributed by atoms with van der Waals surface area (Å²) < 4.78 is 18.3. The van der Waals surface area contributed by atoms with Gasteiger partial charge < -0.3 is 4.74 Å². The van der Waals surface area contributed by atoms with Gasteiger partial charge in [0, 0.05) is 5.38 Å². The molecule has 0 aliphatic rings. The largest absolute Gasteiger partial charge is 0.485 e. The Bertz CT molecular complexity index is 536. The maximum absolute atomic E-state index is 12.8. The number of ether oxygens (including phenoxy) is 1. The zero-order valence-electron chi connectivity index (χ0n) is 9.23. The number of aromatic nitrogens is 1. The van der Waals surface area contributed by atoms with Crippen LogP contribution in [0.2, 0.25) is 5.02 Å². The van der Waals surface area contributed by atoms with Gasteiger partial charge in [0.25, 0.3) is 0 Å². The molecule has 0 saturated carbocycles. The number of nitrogens with two attached hydrogens (primary N) is 1. The lowest BCUT2D eigenvalue weighted by atomic mass is 10.3. The molecule has 96 valence electrons. The van der Waals surface area contributed by atoms with Crippen molar-refractivity contribution in [1.29, 1.82) is 0 Å². The highest BCUT2D eigenvalue weighted by atomic mass is 35.5. The van der Waals surface area contributed by atoms with Crippen molar-refractivity contribution in [3.05, 3.63) is 45.1 Å². The summed E-state index contributed by atoms with van der Waals surface area (Å²) in [6.45, 7) is 0.522. The highest BCUT2D eigenvalue weighted by molar-refractivity contribution is 7.09. The Labute approximate surface area is 112 Å². The Balaban J connectivity index is 1.97. The van der Waals surface area contributed by atoms with Crippen LogP contribution in [0.4, 0.5) is 4.39 Å². The Morgan fingerprint density at radius 3 is 2.94 bits per heavy atom. The van der Waals surface area contributed by atoms with Crippen LogP contribution in [-0.4, -0.2) is 4.98 Å². The fourth-order valence-corrected chi connectivity index (χ4v) is 2.21. The van der Waals surface area contributed by atoms with Crippen LogP contribution in [0, 0.1) is 5.82 Å². The summed E-state index contributed by atoms with van der Waals surface area (Å²) in [6.07, 6.45) is 0. The summed E-state index contributed by atoms with van der Waals surface area (Å²) in [6, 6.07) is 3.97. The van der Waals surface area contributed by atoms with Crippen molar-refractivity contribution in [1.82, 2.24) is 4.98 Å². The second-order valence-corrected chi connectivity index (χ2v) is 4.76. The molecular weight excluding hydrogens is 279 g/mol. The maximum Gasteiger partial charge on any atom is 0.140 e. The average molecular weight is 289 g/mol. The van der Waals surface area contributed by atoms with E-state index in [4.69, 9.17) is 22.2 Å². The maximum atomic E-state index is 12.8. The molecule has 2 rings (SSSR count). The predicted molar refractivity (Wildman–Crippen MR) is 66.8 cm³/mol. The molecule has 0 bridgehead atoms. The zero-order valence-corrected chi connectivity index (χ0v) is 10.8. The van der Waals surface area contributed by atoms with Gasteiger partial charge in [-0.25, -0.2) is 15.3 Å². The minimum atomic E-state index is -0.399. The fourth-order valence-electron chi connectivity index (χ4n) is 1.30. The summed E-state index contributed by atoms with van der Waals surface area (Å²) in [5.74, 6) is 4.97. The van der Waals surface area contributed by atoms with Crippen molar-refractivity contribution in [3.8, 4) is 5.75 Å². The molecule has 0 unspecified atom stereocenters. The molecule has 1 heterocycles. The molecular formula is C11H10ClFN2O2S. The Morgan fingerprint density at radius 1 is 1.39 bits per heavy atom. The molecule has 0 aliphatic heterocycles. The smallest absolute Gasteiger partial charge is 0.140 e. The summed E-state index contributed by atoms with van der Waals surface area (Å²) in [5, 5.41) is 2.83. The van der Waals surface area contributed by atoms with E-state index in [2.05, 4.69) is 9.82 Å². The SMILES string of the molecule is NOCc1csc(COc2ccc(F)cc2Cl)n1. The number of thiazole rings is 1. The van der Waals surface area contributed by atoms with E-state index in [9.17, 15) is 4.39 Å². The summed E-state index contributed by atoms with van der Waals surface area (Å²) in [5.41, 5.74) is 0.742. The van der Waals surface area contributed by atoms with Gasteiger partial charge in [-0.05, 0) is 18.2 Å². The zero-order chi connectivity index (χ0) is 13.0. The Morgan fingerprint density at radius 2 is 2.22 bits per heavy atom. The lowest BCUT2D eigenvalue weighted by Crippen LogP contribution is -2.00. The number of nitrogens with zero attached hydrogens (tertiary/aromatic N) is 1. The quantitative estimate of drug-likeness (QED) is 0.860. The molecule has 0 fully saturated rings. The molecule has 0 atom stereocenters. The number of hydrogen-bond acceptors (Lipinski definition) is 5. The third-order valence-corrected chi connectivity index (χ3v) is 3.24. The number of benzene rings is 1. The first-order valence-corrected chi connectivity index (χ1v) is 6.27. The minimum Gasteiger partial charge on any atom is -0.485 e. The molecule has 0 aliphatic carbocycles. The van der Waals surface area contributed by atoms with Crippen LogP contribution < -0.4 is 10.6 Å². The topological polar surface area (TPSA) is 57.4 Å². The molecule has 0 radical (unpaired) electrons. The molecule has 0 spiro atoms. The molecule has 0 saturated heterocycles. The van der Waals surface area contributed by atoms with Crippen molar-refractivity contribution in [3.63, 3.8) is 0 Å². The molecule has 1 aromatic carbocycles. The second-order valence-electron chi connectivity index (χ2n) is 3.41. The molecule has 2 aromatic rings. The number of rotatable bonds is 5. The molecule has 7 heteroatoms. The van der Waals surface area contributed by atoms with Crippen LogP contribution in [0.25, 0.3) is 0 Å². The van der Waals surface area contributed by atoms with Crippen LogP contribution in [-0.2, 0) is 18.1 Å². The van der Waals surface area contributed by atoms with E-state index in [0.29, 0.717) is 5.75 Å². The van der Waals surface area contributed by atoms with Gasteiger partial charge in [-0.2, -0.15) is 0 Å². The highest BCUT2D eigenvalue weighted by Crippen LogP contribution is 2.26. The molecule has 18 heavy (non-hydrogen) atoms. The van der Waals surface area contributed by atoms with E-state index in [1.807, 2.05) is 5.38 Å². The monoisotopic (exact) mass is 288 g/mol. The standard InChI is InChI=1S/C11H10ClFN2O2S/c12-9-3-7(13)1-2-10(9)16-5-11-15-8(4-17-14)6-18-11/h1-3,6H,4-5,14H2. The van der Waals surface area contributed by atoms with Gasteiger partial charge >= 0.3 is 0 Å². The van der Waals surface area contributed by atoms with Crippen molar-refractivity contribution >= 4 is 22.9 Å². The molecule has 0 amide bonds. The second kappa shape index (κ2) is 6.10. The highest BCUT2D eigenvalue weighted by Gasteiger charge is 2.06. The van der Waals surface area contributed by atoms with Gasteiger partial charge in [-0.3, -0.25) is 4.84 Å². The van der Waals surface area contributed by atoms with Crippen LogP contribution >= 0.6 is 22.9 Å². The first kappa shape index (κ1) is 13.2. The third-order valence-electron chi connectivity index (χ3n) is 2.08. The summed E-state index contributed by atoms with van der Waals surface area (Å²) in [7, 11) is 0. The van der Waals surface area contributed by atoms with E-state index in [0.717, 1.165) is 10.7 Å². The van der Waals surface area contributed by atoms with Crippen molar-refractivity contribution in [2.75, 3.05) is 0 Å². The van der Waals surface area contributed by atoms with E-state index >= 15 is 0 Å². The van der Waals surface area contributed by atoms with E-state index in [-0.39, 0.29) is 18.2 Å². The van der Waals surface area contributed by atoms with Crippen LogP contribution in [0.5, 0.6) is 5.75 Å². The van der Waals surface area contributed by atoms with E-state index in [1.165, 1.54) is 29.5 Å². The van der Waals surface area contributed by atoms with Crippen LogP contribution in [0.1, 0.15) is 10.7 Å². The van der Waals surface area contributed by atoms with Crippen molar-refractivity contribution < 1.29 is 14.0 Å². The van der Waals surface area contributed by atoms with Gasteiger partial charge in [-0.15, -0.1) is 11.3 Å². The van der Waals surface area contributed by atoms with Crippen molar-refractivity contribution in [2.45, 2.75) is 13.2 Å². The minimum absolute atomic E-state index is 0.233. The summed E-state index contributed by atoms with van der Waals surface area (Å²) in [4.78, 5) is 8.71. The van der Waals surface area contributed by atoms with E-state index < -0.39 is 5.82 Å². The normalized spacial score (nSPS) is 10.6. The van der Waals surface area contributed by atoms with Gasteiger partial charge in [0.2, 0.25) is 0 Å². The summed E-state index contributed by atoms with van der Waals surface area (Å²) >= 11 is 7.26. The van der Waals surface area contributed by atoms with Gasteiger partial charge in [0.05, 0.1) is 10.7 Å². The number of hydrogen-bond donors (Lipinski definition) is 1. The predicted octanol–water partition coefficient (Wildman–Crippen LogP) is 2.90. The van der Waals surface area contributed by atoms with E-state index in [1.54, 1.807) is 0 Å². The lowest BCUT2D eigenvalue weighted by Gasteiger charge is -2.05. The lowest BCUT2D eigenvalue weighted by molar-refractivity contribution is 0.121. The first-order chi connectivity index (χ1) is 8.69. The van der Waals surface area contributed by atoms with Crippen molar-refractivity contribution in [2.24, 2.45) is 5.90 Å². The first-order valence-electron chi connectivity index (χ1n) is 5.02. The Hall–Kier alpha value is -1.21. The van der Waals surface area contributed by atoms with Gasteiger partial charge in [-0.1, -0.05) is 11.6 Å². The Kier molecular flexibility index (Phi) is 4.48. The van der Waals surface area contributed by atoms with Gasteiger partial charge in [0.1, 0.15) is 29.8 Å². The van der Waals surface area contributed by atoms with Crippen LogP contribution in [0.15, 0.2) is 23.6 Å². The molecule has 4 nitrogen and oxygen atoms in total. The molecule has 2 N–H and O–H groups in total. The third kappa shape index (κ3) is 3.39. The fraction of sp³-hybridized carbons (Fsp3) is 0.182. The van der Waals surface area contributed by atoms with Crippen LogP contribution in [0.3, 0.4) is 0 Å². The van der Waals surface area contributed by atoms with Gasteiger partial charge in [0.15, 0.2) is 0 Å². The molecule has 1 aromatic heterocycles. The average Bonchev–Trinajstić information content (AvgIpc) is 2.76.